The van der Waals surface area contributed by atoms with Gasteiger partial charge in [0, 0.05) is 25.7 Å². The number of benzene rings is 1. The summed E-state index contributed by atoms with van der Waals surface area (Å²) >= 11 is 11.9. The zero-order valence-corrected chi connectivity index (χ0v) is 10.9. The highest BCUT2D eigenvalue weighted by molar-refractivity contribution is 6.39. The Labute approximate surface area is 109 Å². The van der Waals surface area contributed by atoms with Gasteiger partial charge in [-0.2, -0.15) is 0 Å². The van der Waals surface area contributed by atoms with Crippen LogP contribution in [0.1, 0.15) is 6.92 Å². The number of nitrogens with zero attached hydrogens (tertiary/aromatic N) is 2. The molecule has 0 amide bonds. The molecule has 1 rings (SSSR count). The lowest BCUT2D eigenvalue weighted by molar-refractivity contribution is -0.384. The van der Waals surface area contributed by atoms with Crippen molar-refractivity contribution in [3.63, 3.8) is 0 Å². The van der Waals surface area contributed by atoms with Crippen molar-refractivity contribution in [3.8, 4) is 0 Å². The highest BCUT2D eigenvalue weighted by atomic mass is 35.5. The second kappa shape index (κ2) is 5.53. The van der Waals surface area contributed by atoms with Gasteiger partial charge in [-0.15, -0.1) is 0 Å². The molecular weight excluding hydrogens is 267 g/mol. The third-order valence-electron chi connectivity index (χ3n) is 2.13. The summed E-state index contributed by atoms with van der Waals surface area (Å²) in [7, 11) is 1.70. The van der Waals surface area contributed by atoms with Crippen LogP contribution in [0.25, 0.3) is 0 Å². The summed E-state index contributed by atoms with van der Waals surface area (Å²) in [5.41, 5.74) is 0.314. The first-order valence-corrected chi connectivity index (χ1v) is 5.61. The topological polar surface area (TPSA) is 66.6 Å². The van der Waals surface area contributed by atoms with Gasteiger partial charge in [-0.05, 0) is 6.92 Å². The van der Waals surface area contributed by atoms with Gasteiger partial charge in [0.15, 0.2) is 0 Å². The summed E-state index contributed by atoms with van der Waals surface area (Å²) in [6.45, 7) is 1.96. The Morgan fingerprint density at radius 2 is 1.94 bits per heavy atom. The Morgan fingerprint density at radius 1 is 1.47 bits per heavy atom. The maximum Gasteiger partial charge on any atom is 0.272 e. The van der Waals surface area contributed by atoms with E-state index in [-0.39, 0.29) is 15.7 Å². The summed E-state index contributed by atoms with van der Waals surface area (Å²) in [4.78, 5) is 11.7. The molecule has 17 heavy (non-hydrogen) atoms. The summed E-state index contributed by atoms with van der Waals surface area (Å²) in [5, 5.41) is 20.2. The second-order valence-corrected chi connectivity index (χ2v) is 4.56. The molecule has 0 saturated heterocycles. The Balaban J connectivity index is 3.13. The van der Waals surface area contributed by atoms with E-state index in [1.807, 2.05) is 0 Å². The molecule has 1 aromatic rings. The lowest BCUT2D eigenvalue weighted by Crippen LogP contribution is -2.27. The van der Waals surface area contributed by atoms with Gasteiger partial charge in [0.2, 0.25) is 0 Å². The fourth-order valence-electron chi connectivity index (χ4n) is 1.51. The van der Waals surface area contributed by atoms with Crippen molar-refractivity contribution in [1.82, 2.24) is 0 Å². The fourth-order valence-corrected chi connectivity index (χ4v) is 2.27. The van der Waals surface area contributed by atoms with Crippen molar-refractivity contribution in [1.29, 1.82) is 0 Å². The van der Waals surface area contributed by atoms with E-state index in [0.29, 0.717) is 12.2 Å². The predicted molar refractivity (Wildman–Crippen MR) is 68.1 cm³/mol. The number of nitro groups is 1. The van der Waals surface area contributed by atoms with Crippen LogP contribution < -0.4 is 4.90 Å². The van der Waals surface area contributed by atoms with E-state index in [1.165, 1.54) is 12.1 Å². The number of anilines is 1. The number of hydrogen-bond donors (Lipinski definition) is 1. The van der Waals surface area contributed by atoms with Gasteiger partial charge in [-0.25, -0.2) is 0 Å². The quantitative estimate of drug-likeness (QED) is 0.679. The van der Waals surface area contributed by atoms with Crippen molar-refractivity contribution in [2.24, 2.45) is 0 Å². The van der Waals surface area contributed by atoms with Gasteiger partial charge in [-0.1, -0.05) is 23.2 Å². The molecular formula is C10H12Cl2N2O3. The van der Waals surface area contributed by atoms with E-state index in [9.17, 15) is 15.2 Å². The van der Waals surface area contributed by atoms with Crippen molar-refractivity contribution >= 4 is 34.6 Å². The summed E-state index contributed by atoms with van der Waals surface area (Å²) in [6.07, 6.45) is -0.553. The third kappa shape index (κ3) is 3.46. The Hall–Kier alpha value is -1.04. The zero-order chi connectivity index (χ0) is 13.2. The van der Waals surface area contributed by atoms with Gasteiger partial charge >= 0.3 is 0 Å². The monoisotopic (exact) mass is 278 g/mol. The standard InChI is InChI=1S/C10H12Cl2N2O3/c1-6(15)5-13(2)10-8(11)3-7(14(16)17)4-9(10)12/h3-4,6,15H,5H2,1-2H3. The molecule has 1 unspecified atom stereocenters. The molecule has 0 fully saturated rings. The molecule has 7 heteroatoms. The van der Waals surface area contributed by atoms with E-state index in [0.717, 1.165) is 0 Å². The first-order valence-electron chi connectivity index (χ1n) is 4.85. The first kappa shape index (κ1) is 14.0. The molecule has 0 saturated carbocycles. The normalized spacial score (nSPS) is 12.3. The minimum Gasteiger partial charge on any atom is -0.392 e. The number of hydrogen-bond acceptors (Lipinski definition) is 4. The second-order valence-electron chi connectivity index (χ2n) is 3.74. The zero-order valence-electron chi connectivity index (χ0n) is 9.35. The average molecular weight is 279 g/mol. The molecule has 0 aliphatic rings. The summed E-state index contributed by atoms with van der Waals surface area (Å²) < 4.78 is 0. The van der Waals surface area contributed by atoms with E-state index < -0.39 is 11.0 Å². The van der Waals surface area contributed by atoms with E-state index in [2.05, 4.69) is 0 Å². The smallest absolute Gasteiger partial charge is 0.272 e. The van der Waals surface area contributed by atoms with Gasteiger partial charge < -0.3 is 10.0 Å². The van der Waals surface area contributed by atoms with Crippen LogP contribution in [0.2, 0.25) is 10.0 Å². The van der Waals surface area contributed by atoms with Crippen LogP contribution in [0.3, 0.4) is 0 Å². The van der Waals surface area contributed by atoms with Crippen LogP contribution in [-0.4, -0.2) is 29.7 Å². The van der Waals surface area contributed by atoms with Crippen LogP contribution in [0.15, 0.2) is 12.1 Å². The number of halogens is 2. The molecule has 0 radical (unpaired) electrons. The molecule has 0 spiro atoms. The minimum atomic E-state index is -0.559. The minimum absolute atomic E-state index is 0.158. The van der Waals surface area contributed by atoms with Crippen molar-refractivity contribution in [3.05, 3.63) is 32.3 Å². The van der Waals surface area contributed by atoms with Crippen molar-refractivity contribution in [2.75, 3.05) is 18.5 Å². The molecule has 0 bridgehead atoms. The highest BCUT2D eigenvalue weighted by Crippen LogP contribution is 2.36. The van der Waals surface area contributed by atoms with E-state index in [4.69, 9.17) is 23.2 Å². The SMILES string of the molecule is CC(O)CN(C)c1c(Cl)cc([N+](=O)[O-])cc1Cl. The summed E-state index contributed by atoms with van der Waals surface area (Å²) in [5.74, 6) is 0. The number of aliphatic hydroxyl groups is 1. The lowest BCUT2D eigenvalue weighted by Gasteiger charge is -2.23. The van der Waals surface area contributed by atoms with Crippen molar-refractivity contribution in [2.45, 2.75) is 13.0 Å². The fraction of sp³-hybridized carbons (Fsp3) is 0.400. The maximum atomic E-state index is 10.6. The Kier molecular flexibility index (Phi) is 4.56. The number of aliphatic hydroxyl groups excluding tert-OH is 1. The molecule has 0 aliphatic carbocycles. The number of non-ortho nitro benzene ring substituents is 1. The number of rotatable bonds is 4. The molecule has 0 aliphatic heterocycles. The molecule has 1 N–H and O–H groups in total. The average Bonchev–Trinajstić information content (AvgIpc) is 2.14. The molecule has 1 aromatic carbocycles. The molecule has 0 heterocycles. The Morgan fingerprint density at radius 3 is 2.29 bits per heavy atom. The van der Waals surface area contributed by atoms with Crippen LogP contribution in [0.4, 0.5) is 11.4 Å². The van der Waals surface area contributed by atoms with Crippen LogP contribution in [0, 0.1) is 10.1 Å². The molecule has 0 aromatic heterocycles. The van der Waals surface area contributed by atoms with Crippen molar-refractivity contribution < 1.29 is 10.0 Å². The third-order valence-corrected chi connectivity index (χ3v) is 2.71. The van der Waals surface area contributed by atoms with Gasteiger partial charge in [0.1, 0.15) is 0 Å². The number of nitro benzene ring substituents is 1. The van der Waals surface area contributed by atoms with E-state index in [1.54, 1.807) is 18.9 Å². The van der Waals surface area contributed by atoms with E-state index >= 15 is 0 Å². The Bertz CT molecular complexity index is 415. The lowest BCUT2D eigenvalue weighted by atomic mass is 10.2. The van der Waals surface area contributed by atoms with Crippen LogP contribution >= 0.6 is 23.2 Å². The van der Waals surface area contributed by atoms with Gasteiger partial charge in [-0.3, -0.25) is 10.1 Å². The highest BCUT2D eigenvalue weighted by Gasteiger charge is 2.18. The molecule has 5 nitrogen and oxygen atoms in total. The molecule has 94 valence electrons. The first-order chi connectivity index (χ1) is 7.82. The van der Waals surface area contributed by atoms with Crippen LogP contribution in [-0.2, 0) is 0 Å². The summed E-state index contributed by atoms with van der Waals surface area (Å²) in [6, 6.07) is 2.47. The largest absolute Gasteiger partial charge is 0.392 e. The van der Waals surface area contributed by atoms with Crippen LogP contribution in [0.5, 0.6) is 0 Å². The molecule has 1 atom stereocenters. The number of likely N-dealkylation sites (N-methyl/N-ethyl adjacent to an activating group) is 1. The van der Waals surface area contributed by atoms with Gasteiger partial charge in [0.05, 0.1) is 26.8 Å². The maximum absolute atomic E-state index is 10.6. The van der Waals surface area contributed by atoms with Gasteiger partial charge in [0.25, 0.3) is 5.69 Å². The predicted octanol–water partition coefficient (Wildman–Crippen LogP) is 2.72.